The molecule has 5 aromatic rings. The summed E-state index contributed by atoms with van der Waals surface area (Å²) in [4.78, 5) is 13.3. The summed E-state index contributed by atoms with van der Waals surface area (Å²) < 4.78 is 13.0. The van der Waals surface area contributed by atoms with Crippen molar-refractivity contribution in [1.82, 2.24) is 24.7 Å². The van der Waals surface area contributed by atoms with Crippen molar-refractivity contribution in [1.29, 1.82) is 0 Å². The Labute approximate surface area is 172 Å². The quantitative estimate of drug-likeness (QED) is 0.450. The van der Waals surface area contributed by atoms with Gasteiger partial charge in [0.15, 0.2) is 11.5 Å². The molecule has 0 aliphatic rings. The van der Waals surface area contributed by atoms with Gasteiger partial charge in [-0.15, -0.1) is 0 Å². The lowest BCUT2D eigenvalue weighted by atomic mass is 10.1. The van der Waals surface area contributed by atoms with Crippen LogP contribution in [0.3, 0.4) is 0 Å². The highest BCUT2D eigenvalue weighted by Gasteiger charge is 2.17. The van der Waals surface area contributed by atoms with Crippen molar-refractivity contribution in [3.05, 3.63) is 84.9 Å². The van der Waals surface area contributed by atoms with E-state index in [-0.39, 0.29) is 0 Å². The van der Waals surface area contributed by atoms with Crippen molar-refractivity contribution in [3.8, 4) is 28.5 Å². The lowest BCUT2D eigenvalue weighted by Gasteiger charge is -2.12. The third kappa shape index (κ3) is 3.46. The van der Waals surface area contributed by atoms with Crippen LogP contribution >= 0.6 is 0 Å². The molecule has 0 saturated carbocycles. The summed E-state index contributed by atoms with van der Waals surface area (Å²) in [5.41, 5.74) is 4.27. The number of para-hydroxylation sites is 1. The maximum absolute atomic E-state index is 5.58. The summed E-state index contributed by atoms with van der Waals surface area (Å²) in [7, 11) is 0. The molecule has 0 saturated heterocycles. The van der Waals surface area contributed by atoms with E-state index in [4.69, 9.17) is 8.94 Å². The van der Waals surface area contributed by atoms with Gasteiger partial charge < -0.3 is 18.8 Å². The summed E-state index contributed by atoms with van der Waals surface area (Å²) >= 11 is 0. The Kier molecular flexibility index (Phi) is 4.57. The molecule has 0 unspecified atom stereocenters. The maximum Gasteiger partial charge on any atom is 0.223 e. The van der Waals surface area contributed by atoms with Gasteiger partial charge in [0.2, 0.25) is 5.95 Å². The van der Waals surface area contributed by atoms with E-state index in [2.05, 4.69) is 31.5 Å². The fourth-order valence-corrected chi connectivity index (χ4v) is 3.23. The second-order valence-corrected chi connectivity index (χ2v) is 6.72. The van der Waals surface area contributed by atoms with Crippen molar-refractivity contribution in [2.75, 3.05) is 5.32 Å². The van der Waals surface area contributed by atoms with E-state index >= 15 is 0 Å². The highest BCUT2D eigenvalue weighted by atomic mass is 16.5. The zero-order chi connectivity index (χ0) is 20.3. The number of hydrogen-bond donors (Lipinski definition) is 1. The van der Waals surface area contributed by atoms with Crippen LogP contribution in [0.5, 0.6) is 0 Å². The van der Waals surface area contributed by atoms with E-state index in [0.29, 0.717) is 29.7 Å². The number of furan rings is 1. The van der Waals surface area contributed by atoms with Crippen LogP contribution in [-0.4, -0.2) is 24.7 Å². The zero-order valence-corrected chi connectivity index (χ0v) is 16.2. The van der Waals surface area contributed by atoms with Gasteiger partial charge in [-0.25, -0.2) is 15.0 Å². The van der Waals surface area contributed by atoms with Crippen molar-refractivity contribution in [2.45, 2.75) is 13.5 Å². The fraction of sp³-hybridized carbons (Fsp3) is 0.0909. The zero-order valence-electron chi connectivity index (χ0n) is 16.2. The van der Waals surface area contributed by atoms with Crippen molar-refractivity contribution < 1.29 is 8.94 Å². The monoisotopic (exact) mass is 398 g/mol. The van der Waals surface area contributed by atoms with Crippen LogP contribution in [0.15, 0.2) is 82.6 Å². The minimum absolute atomic E-state index is 0.488. The van der Waals surface area contributed by atoms with Crippen LogP contribution in [0.4, 0.5) is 5.95 Å². The molecule has 1 aromatic carbocycles. The van der Waals surface area contributed by atoms with Gasteiger partial charge in [0.1, 0.15) is 5.69 Å². The van der Waals surface area contributed by atoms with Gasteiger partial charge in [0, 0.05) is 31.2 Å². The number of imidazole rings is 1. The van der Waals surface area contributed by atoms with Crippen molar-refractivity contribution in [3.63, 3.8) is 0 Å². The van der Waals surface area contributed by atoms with Crippen LogP contribution in [0.1, 0.15) is 11.3 Å². The number of aryl methyl sites for hydroxylation is 1. The molecule has 4 aromatic heterocycles. The van der Waals surface area contributed by atoms with E-state index in [9.17, 15) is 0 Å². The highest BCUT2D eigenvalue weighted by Crippen LogP contribution is 2.31. The first-order valence-electron chi connectivity index (χ1n) is 9.42. The highest BCUT2D eigenvalue weighted by molar-refractivity contribution is 5.75. The number of hydrogen-bond acceptors (Lipinski definition) is 7. The number of anilines is 1. The van der Waals surface area contributed by atoms with Crippen LogP contribution in [0.2, 0.25) is 0 Å². The van der Waals surface area contributed by atoms with Gasteiger partial charge in [-0.2, -0.15) is 0 Å². The summed E-state index contributed by atoms with van der Waals surface area (Å²) in [5.74, 6) is 1.71. The van der Waals surface area contributed by atoms with E-state index < -0.39 is 0 Å². The molecule has 8 nitrogen and oxygen atoms in total. The SMILES string of the molecule is Cc1cc(-c2cnc(NCc3ccccc3-n3ccnc3)nc2-c2ccco2)on1. The molecule has 0 radical (unpaired) electrons. The topological polar surface area (TPSA) is 94.8 Å². The second-order valence-electron chi connectivity index (χ2n) is 6.72. The molecule has 0 aliphatic heterocycles. The first-order chi connectivity index (χ1) is 14.8. The largest absolute Gasteiger partial charge is 0.463 e. The predicted octanol–water partition coefficient (Wildman–Crippen LogP) is 4.50. The Balaban J connectivity index is 1.46. The third-order valence-corrected chi connectivity index (χ3v) is 4.65. The molecule has 30 heavy (non-hydrogen) atoms. The Hall–Kier alpha value is -4.20. The second kappa shape index (κ2) is 7.67. The Bertz CT molecular complexity index is 1260. The minimum atomic E-state index is 0.488. The normalized spacial score (nSPS) is 11.0. The number of benzene rings is 1. The van der Waals surface area contributed by atoms with Crippen molar-refractivity contribution in [2.24, 2.45) is 0 Å². The molecule has 0 atom stereocenters. The number of nitrogens with one attached hydrogen (secondary N) is 1. The molecule has 0 bridgehead atoms. The molecule has 5 rings (SSSR count). The first-order valence-corrected chi connectivity index (χ1v) is 9.42. The van der Waals surface area contributed by atoms with E-state index in [0.717, 1.165) is 22.5 Å². The predicted molar refractivity (Wildman–Crippen MR) is 111 cm³/mol. The minimum Gasteiger partial charge on any atom is -0.463 e. The van der Waals surface area contributed by atoms with Crippen LogP contribution in [0.25, 0.3) is 28.5 Å². The molecular formula is C22H18N6O2. The average Bonchev–Trinajstić information content (AvgIpc) is 3.55. The Morgan fingerprint density at radius 1 is 1.10 bits per heavy atom. The summed E-state index contributed by atoms with van der Waals surface area (Å²) in [5, 5.41) is 7.27. The summed E-state index contributed by atoms with van der Waals surface area (Å²) in [6, 6.07) is 13.6. The molecule has 148 valence electrons. The number of nitrogens with zero attached hydrogens (tertiary/aromatic N) is 5. The maximum atomic E-state index is 5.58. The van der Waals surface area contributed by atoms with Crippen molar-refractivity contribution >= 4 is 5.95 Å². The van der Waals surface area contributed by atoms with E-state index in [1.165, 1.54) is 0 Å². The van der Waals surface area contributed by atoms with Gasteiger partial charge in [-0.05, 0) is 30.7 Å². The lowest BCUT2D eigenvalue weighted by molar-refractivity contribution is 0.427. The molecule has 4 heterocycles. The lowest BCUT2D eigenvalue weighted by Crippen LogP contribution is -2.07. The smallest absolute Gasteiger partial charge is 0.223 e. The molecular weight excluding hydrogens is 380 g/mol. The van der Waals surface area contributed by atoms with Crippen LogP contribution < -0.4 is 5.32 Å². The average molecular weight is 398 g/mol. The molecule has 1 N–H and O–H groups in total. The molecule has 0 fully saturated rings. The van der Waals surface area contributed by atoms with E-state index in [1.54, 1.807) is 25.0 Å². The van der Waals surface area contributed by atoms with Gasteiger partial charge in [0.25, 0.3) is 0 Å². The van der Waals surface area contributed by atoms with Gasteiger partial charge in [0.05, 0.1) is 29.5 Å². The Morgan fingerprint density at radius 2 is 2.03 bits per heavy atom. The number of rotatable bonds is 6. The third-order valence-electron chi connectivity index (χ3n) is 4.65. The molecule has 0 aliphatic carbocycles. The standard InChI is InChI=1S/C22H18N6O2/c1-15-11-20(30-27-15)17-13-25-22(26-21(17)19-7-4-10-29-19)24-12-16-5-2-3-6-18(16)28-9-8-23-14-28/h2-11,13-14H,12H2,1H3,(H,24,25,26). The van der Waals surface area contributed by atoms with Gasteiger partial charge in [-0.1, -0.05) is 23.4 Å². The molecule has 8 heteroatoms. The first kappa shape index (κ1) is 17.9. The summed E-state index contributed by atoms with van der Waals surface area (Å²) in [6.07, 6.45) is 8.78. The van der Waals surface area contributed by atoms with Crippen LogP contribution in [0, 0.1) is 6.92 Å². The van der Waals surface area contributed by atoms with E-state index in [1.807, 2.05) is 54.1 Å². The van der Waals surface area contributed by atoms with Gasteiger partial charge in [-0.3, -0.25) is 0 Å². The Morgan fingerprint density at radius 3 is 2.80 bits per heavy atom. The van der Waals surface area contributed by atoms with Crippen LogP contribution in [-0.2, 0) is 6.54 Å². The summed E-state index contributed by atoms with van der Waals surface area (Å²) in [6.45, 7) is 2.42. The van der Waals surface area contributed by atoms with Gasteiger partial charge >= 0.3 is 0 Å². The number of aromatic nitrogens is 5. The molecule has 0 spiro atoms. The molecule has 0 amide bonds. The fourth-order valence-electron chi connectivity index (χ4n) is 3.23.